The third-order valence-corrected chi connectivity index (χ3v) is 4.41. The van der Waals surface area contributed by atoms with Gasteiger partial charge in [0.1, 0.15) is 6.26 Å². The molecule has 6 heteroatoms. The third-order valence-electron chi connectivity index (χ3n) is 4.41. The maximum absolute atomic E-state index is 12.5. The van der Waals surface area contributed by atoms with Crippen LogP contribution in [0.2, 0.25) is 0 Å². The summed E-state index contributed by atoms with van der Waals surface area (Å²) in [6.45, 7) is 4.96. The molecule has 0 spiro atoms. The predicted octanol–water partition coefficient (Wildman–Crippen LogP) is 3.27. The number of carbonyl (C=O) groups excluding carboxylic acids is 1. The predicted molar refractivity (Wildman–Crippen MR) is 91.7 cm³/mol. The summed E-state index contributed by atoms with van der Waals surface area (Å²) in [5, 5.41) is 12.7. The molecule has 2 amide bonds. The van der Waals surface area contributed by atoms with E-state index in [1.54, 1.807) is 18.1 Å². The molecule has 0 bridgehead atoms. The highest BCUT2D eigenvalue weighted by Crippen LogP contribution is 2.24. The molecule has 1 saturated heterocycles. The van der Waals surface area contributed by atoms with Crippen LogP contribution < -0.4 is 5.32 Å². The van der Waals surface area contributed by atoms with Crippen molar-refractivity contribution in [1.82, 2.24) is 9.88 Å². The monoisotopic (exact) mass is 329 g/mol. The quantitative estimate of drug-likeness (QED) is 0.906. The van der Waals surface area contributed by atoms with Crippen LogP contribution in [0.15, 0.2) is 34.9 Å². The molecule has 1 aromatic heterocycles. The Balaban J connectivity index is 1.68. The number of aromatic nitrogens is 1. The molecule has 2 unspecified atom stereocenters. The van der Waals surface area contributed by atoms with Crippen molar-refractivity contribution >= 4 is 11.7 Å². The second kappa shape index (κ2) is 7.05. The topological polar surface area (TPSA) is 78.6 Å². The van der Waals surface area contributed by atoms with Gasteiger partial charge in [0.25, 0.3) is 0 Å². The first kappa shape index (κ1) is 16.5. The Morgan fingerprint density at radius 1 is 1.50 bits per heavy atom. The molecule has 0 saturated carbocycles. The van der Waals surface area contributed by atoms with Crippen LogP contribution in [-0.2, 0) is 0 Å². The minimum atomic E-state index is -0.391. The summed E-state index contributed by atoms with van der Waals surface area (Å²) in [5.41, 5.74) is 2.34. The molecule has 24 heavy (non-hydrogen) atoms. The lowest BCUT2D eigenvalue weighted by atomic mass is 9.94. The molecule has 3 rings (SSSR count). The van der Waals surface area contributed by atoms with Gasteiger partial charge < -0.3 is 19.7 Å². The second-order valence-electron chi connectivity index (χ2n) is 6.39. The van der Waals surface area contributed by atoms with Gasteiger partial charge in [0.05, 0.1) is 11.8 Å². The summed E-state index contributed by atoms with van der Waals surface area (Å²) in [7, 11) is 0. The van der Waals surface area contributed by atoms with Crippen LogP contribution in [0.3, 0.4) is 0 Å². The fourth-order valence-electron chi connectivity index (χ4n) is 3.01. The molecule has 2 heterocycles. The number of likely N-dealkylation sites (tertiary alicyclic amines) is 1. The molecule has 0 aliphatic carbocycles. The van der Waals surface area contributed by atoms with Gasteiger partial charge in [-0.3, -0.25) is 0 Å². The number of hydrogen-bond donors (Lipinski definition) is 2. The number of benzene rings is 1. The summed E-state index contributed by atoms with van der Waals surface area (Å²) in [6, 6.07) is 7.30. The van der Waals surface area contributed by atoms with Crippen molar-refractivity contribution in [2.24, 2.45) is 5.92 Å². The summed E-state index contributed by atoms with van der Waals surface area (Å²) < 4.78 is 5.41. The molecule has 1 fully saturated rings. The Morgan fingerprint density at radius 3 is 3.04 bits per heavy atom. The van der Waals surface area contributed by atoms with Crippen LogP contribution in [0.25, 0.3) is 11.5 Å². The molecular weight excluding hydrogens is 306 g/mol. The van der Waals surface area contributed by atoms with Crippen LogP contribution in [0.5, 0.6) is 0 Å². The molecule has 6 nitrogen and oxygen atoms in total. The van der Waals surface area contributed by atoms with Gasteiger partial charge >= 0.3 is 6.03 Å². The van der Waals surface area contributed by atoms with E-state index in [0.29, 0.717) is 24.7 Å². The van der Waals surface area contributed by atoms with Crippen LogP contribution in [0, 0.1) is 12.8 Å². The van der Waals surface area contributed by atoms with Crippen molar-refractivity contribution in [3.05, 3.63) is 36.2 Å². The van der Waals surface area contributed by atoms with Gasteiger partial charge in [0, 0.05) is 30.3 Å². The van der Waals surface area contributed by atoms with E-state index < -0.39 is 6.10 Å². The SMILES string of the molecule is Cc1coc(-c2cccc(NC(=O)N3CCCC(C(C)O)C3)c2)n1. The summed E-state index contributed by atoms with van der Waals surface area (Å²) in [5.74, 6) is 0.682. The van der Waals surface area contributed by atoms with E-state index in [9.17, 15) is 9.90 Å². The zero-order valence-electron chi connectivity index (χ0n) is 14.0. The number of amides is 2. The van der Waals surface area contributed by atoms with Gasteiger partial charge in [0.2, 0.25) is 5.89 Å². The Labute approximate surface area is 141 Å². The fourth-order valence-corrected chi connectivity index (χ4v) is 3.01. The van der Waals surface area contributed by atoms with Gasteiger partial charge in [-0.1, -0.05) is 6.07 Å². The maximum Gasteiger partial charge on any atom is 0.321 e. The van der Waals surface area contributed by atoms with Crippen molar-refractivity contribution < 1.29 is 14.3 Å². The number of rotatable bonds is 3. The number of urea groups is 1. The number of nitrogens with zero attached hydrogens (tertiary/aromatic N) is 2. The summed E-state index contributed by atoms with van der Waals surface area (Å²) >= 11 is 0. The van der Waals surface area contributed by atoms with E-state index >= 15 is 0 Å². The molecule has 1 aliphatic heterocycles. The lowest BCUT2D eigenvalue weighted by molar-refractivity contribution is 0.0766. The zero-order chi connectivity index (χ0) is 17.1. The summed E-state index contributed by atoms with van der Waals surface area (Å²) in [6.07, 6.45) is 3.08. The lowest BCUT2D eigenvalue weighted by Crippen LogP contribution is -2.44. The zero-order valence-corrected chi connectivity index (χ0v) is 14.0. The van der Waals surface area contributed by atoms with Gasteiger partial charge in [-0.05, 0) is 44.9 Å². The minimum absolute atomic E-state index is 0.138. The molecule has 2 atom stereocenters. The standard InChI is InChI=1S/C18H23N3O3/c1-12-11-24-17(19-12)14-5-3-7-16(9-14)20-18(23)21-8-4-6-15(10-21)13(2)22/h3,5,7,9,11,13,15,22H,4,6,8,10H2,1-2H3,(H,20,23). The van der Waals surface area contributed by atoms with Crippen LogP contribution in [-0.4, -0.2) is 40.2 Å². The molecule has 2 N–H and O–H groups in total. The van der Waals surface area contributed by atoms with Crippen molar-refractivity contribution in [2.75, 3.05) is 18.4 Å². The molecule has 1 aliphatic rings. The fraction of sp³-hybridized carbons (Fsp3) is 0.444. The van der Waals surface area contributed by atoms with Crippen LogP contribution >= 0.6 is 0 Å². The number of aliphatic hydroxyl groups excluding tert-OH is 1. The van der Waals surface area contributed by atoms with E-state index in [0.717, 1.165) is 24.1 Å². The van der Waals surface area contributed by atoms with E-state index in [4.69, 9.17) is 4.42 Å². The highest BCUT2D eigenvalue weighted by molar-refractivity contribution is 5.90. The number of aliphatic hydroxyl groups is 1. The van der Waals surface area contributed by atoms with Gasteiger partial charge in [-0.2, -0.15) is 0 Å². The second-order valence-corrected chi connectivity index (χ2v) is 6.39. The number of piperidine rings is 1. The Hall–Kier alpha value is -2.34. The minimum Gasteiger partial charge on any atom is -0.444 e. The number of anilines is 1. The normalized spacial score (nSPS) is 19.1. The molecule has 2 aromatic rings. The maximum atomic E-state index is 12.5. The highest BCUT2D eigenvalue weighted by atomic mass is 16.3. The first-order valence-electron chi connectivity index (χ1n) is 8.29. The van der Waals surface area contributed by atoms with Gasteiger partial charge in [0.15, 0.2) is 0 Å². The Morgan fingerprint density at radius 2 is 2.33 bits per heavy atom. The number of nitrogens with one attached hydrogen (secondary N) is 1. The third kappa shape index (κ3) is 3.76. The molecular formula is C18H23N3O3. The first-order chi connectivity index (χ1) is 11.5. The van der Waals surface area contributed by atoms with Gasteiger partial charge in [-0.15, -0.1) is 0 Å². The van der Waals surface area contributed by atoms with E-state index in [1.165, 1.54) is 0 Å². The van der Waals surface area contributed by atoms with Crippen molar-refractivity contribution in [2.45, 2.75) is 32.8 Å². The largest absolute Gasteiger partial charge is 0.444 e. The van der Waals surface area contributed by atoms with E-state index in [1.807, 2.05) is 31.2 Å². The van der Waals surface area contributed by atoms with Crippen LogP contribution in [0.1, 0.15) is 25.5 Å². The number of oxazole rings is 1. The van der Waals surface area contributed by atoms with E-state index in [2.05, 4.69) is 10.3 Å². The average Bonchev–Trinajstić information content (AvgIpc) is 3.02. The Bertz CT molecular complexity index is 711. The number of hydrogen-bond acceptors (Lipinski definition) is 4. The van der Waals surface area contributed by atoms with Gasteiger partial charge in [-0.25, -0.2) is 9.78 Å². The van der Waals surface area contributed by atoms with Crippen molar-refractivity contribution in [1.29, 1.82) is 0 Å². The van der Waals surface area contributed by atoms with Crippen molar-refractivity contribution in [3.8, 4) is 11.5 Å². The first-order valence-corrected chi connectivity index (χ1v) is 8.29. The molecule has 1 aromatic carbocycles. The smallest absolute Gasteiger partial charge is 0.321 e. The van der Waals surface area contributed by atoms with E-state index in [-0.39, 0.29) is 11.9 Å². The number of aryl methyl sites for hydroxylation is 1. The average molecular weight is 329 g/mol. The highest BCUT2D eigenvalue weighted by Gasteiger charge is 2.26. The van der Waals surface area contributed by atoms with Crippen LogP contribution in [0.4, 0.5) is 10.5 Å². The molecule has 0 radical (unpaired) electrons. The number of carbonyl (C=O) groups is 1. The summed E-state index contributed by atoms with van der Waals surface area (Å²) in [4.78, 5) is 18.6. The molecule has 128 valence electrons. The Kier molecular flexibility index (Phi) is 4.85. The lowest BCUT2D eigenvalue weighted by Gasteiger charge is -2.34. The van der Waals surface area contributed by atoms with Crippen molar-refractivity contribution in [3.63, 3.8) is 0 Å².